The molecule has 0 unspecified atom stereocenters. The largest absolute Gasteiger partial charge is 0.356 e. The number of fused-ring (bicyclic) bond motifs is 1. The van der Waals surface area contributed by atoms with Crippen LogP contribution in [0.2, 0.25) is 0 Å². The third-order valence-corrected chi connectivity index (χ3v) is 4.18. The molecule has 3 aromatic rings. The second-order valence-corrected chi connectivity index (χ2v) is 6.18. The highest BCUT2D eigenvalue weighted by Gasteiger charge is 2.16. The molecule has 2 aromatic carbocycles. The van der Waals surface area contributed by atoms with Crippen LogP contribution in [0.25, 0.3) is 22.3 Å². The van der Waals surface area contributed by atoms with Crippen molar-refractivity contribution in [2.24, 2.45) is 0 Å². The summed E-state index contributed by atoms with van der Waals surface area (Å²) >= 11 is 0. The molecule has 0 spiro atoms. The van der Waals surface area contributed by atoms with Gasteiger partial charge in [0.05, 0.1) is 10.4 Å². The Hall–Kier alpha value is -3.02. The third-order valence-electron chi connectivity index (χ3n) is 4.18. The van der Waals surface area contributed by atoms with Crippen molar-refractivity contribution in [3.63, 3.8) is 0 Å². The van der Waals surface area contributed by atoms with Crippen LogP contribution < -0.4 is 4.90 Å². The maximum Gasteiger partial charge on any atom is 0.270 e. The van der Waals surface area contributed by atoms with E-state index in [-0.39, 0.29) is 5.69 Å². The summed E-state index contributed by atoms with van der Waals surface area (Å²) in [6, 6.07) is 14.4. The van der Waals surface area contributed by atoms with Crippen molar-refractivity contribution in [3.8, 4) is 11.4 Å². The molecule has 0 fully saturated rings. The van der Waals surface area contributed by atoms with Gasteiger partial charge in [-0.1, -0.05) is 38.1 Å². The Labute approximate surface area is 152 Å². The smallest absolute Gasteiger partial charge is 0.270 e. The molecule has 1 heterocycles. The molecule has 0 aliphatic heterocycles. The van der Waals surface area contributed by atoms with Gasteiger partial charge in [0.2, 0.25) is 0 Å². The summed E-state index contributed by atoms with van der Waals surface area (Å²) in [5, 5.41) is 12.1. The Bertz CT molecular complexity index is 921. The van der Waals surface area contributed by atoms with Gasteiger partial charge in [0, 0.05) is 36.2 Å². The number of para-hydroxylation sites is 1. The minimum atomic E-state index is -0.397. The first-order chi connectivity index (χ1) is 12.6. The minimum Gasteiger partial charge on any atom is -0.356 e. The molecular formula is C20H22N4O2. The highest BCUT2D eigenvalue weighted by Crippen LogP contribution is 2.29. The summed E-state index contributed by atoms with van der Waals surface area (Å²) in [6.07, 6.45) is 2.04. The van der Waals surface area contributed by atoms with Gasteiger partial charge in [-0.15, -0.1) is 0 Å². The number of hydrogen-bond donors (Lipinski definition) is 0. The van der Waals surface area contributed by atoms with Crippen molar-refractivity contribution in [2.45, 2.75) is 26.7 Å². The molecule has 6 heteroatoms. The van der Waals surface area contributed by atoms with E-state index in [0.29, 0.717) is 11.4 Å². The van der Waals surface area contributed by atoms with E-state index >= 15 is 0 Å². The van der Waals surface area contributed by atoms with Crippen molar-refractivity contribution in [1.29, 1.82) is 0 Å². The predicted octanol–water partition coefficient (Wildman–Crippen LogP) is 4.83. The SMILES string of the molecule is CCCN(CCC)c1nc(-c2cccc([N+](=O)[O-])c2)nc2ccccc12. The highest BCUT2D eigenvalue weighted by molar-refractivity contribution is 5.91. The fraction of sp³-hybridized carbons (Fsp3) is 0.300. The van der Waals surface area contributed by atoms with Crippen LogP contribution in [0, 0.1) is 10.1 Å². The van der Waals surface area contributed by atoms with E-state index in [1.54, 1.807) is 6.07 Å². The van der Waals surface area contributed by atoms with Gasteiger partial charge in [-0.2, -0.15) is 0 Å². The van der Waals surface area contributed by atoms with Crippen LogP contribution in [0.5, 0.6) is 0 Å². The van der Waals surface area contributed by atoms with E-state index in [1.165, 1.54) is 12.1 Å². The number of non-ortho nitro benzene ring substituents is 1. The number of nitrogens with zero attached hydrogens (tertiary/aromatic N) is 4. The molecule has 0 saturated heterocycles. The van der Waals surface area contributed by atoms with Gasteiger partial charge in [0.1, 0.15) is 5.82 Å². The first-order valence-electron chi connectivity index (χ1n) is 8.90. The molecule has 0 radical (unpaired) electrons. The van der Waals surface area contributed by atoms with Gasteiger partial charge in [-0.25, -0.2) is 9.97 Å². The average molecular weight is 350 g/mol. The average Bonchev–Trinajstić information content (AvgIpc) is 2.67. The molecule has 0 N–H and O–H groups in total. The Balaban J connectivity index is 2.18. The van der Waals surface area contributed by atoms with Gasteiger partial charge >= 0.3 is 0 Å². The van der Waals surface area contributed by atoms with E-state index in [0.717, 1.165) is 42.7 Å². The number of hydrogen-bond acceptors (Lipinski definition) is 5. The molecule has 134 valence electrons. The Morgan fingerprint density at radius 2 is 1.73 bits per heavy atom. The molecule has 0 bridgehead atoms. The molecule has 3 rings (SSSR count). The van der Waals surface area contributed by atoms with Crippen LogP contribution >= 0.6 is 0 Å². The summed E-state index contributed by atoms with van der Waals surface area (Å²) in [7, 11) is 0. The van der Waals surface area contributed by atoms with Gasteiger partial charge in [-0.3, -0.25) is 10.1 Å². The number of nitro groups is 1. The topological polar surface area (TPSA) is 72.2 Å². The molecule has 0 aliphatic rings. The van der Waals surface area contributed by atoms with Crippen molar-refractivity contribution in [1.82, 2.24) is 9.97 Å². The van der Waals surface area contributed by atoms with Crippen LogP contribution in [0.15, 0.2) is 48.5 Å². The van der Waals surface area contributed by atoms with Gasteiger partial charge in [0.15, 0.2) is 5.82 Å². The summed E-state index contributed by atoms with van der Waals surface area (Å²) in [4.78, 5) is 22.4. The fourth-order valence-electron chi connectivity index (χ4n) is 3.05. The lowest BCUT2D eigenvalue weighted by Gasteiger charge is -2.24. The molecule has 0 aliphatic carbocycles. The monoisotopic (exact) mass is 350 g/mol. The normalized spacial score (nSPS) is 10.8. The molecule has 26 heavy (non-hydrogen) atoms. The number of benzene rings is 2. The molecular weight excluding hydrogens is 328 g/mol. The van der Waals surface area contributed by atoms with Crippen LogP contribution in [0.3, 0.4) is 0 Å². The van der Waals surface area contributed by atoms with Crippen molar-refractivity contribution in [3.05, 3.63) is 58.6 Å². The van der Waals surface area contributed by atoms with Crippen molar-refractivity contribution < 1.29 is 4.92 Å². The molecule has 1 aromatic heterocycles. The first kappa shape index (κ1) is 17.8. The standard InChI is InChI=1S/C20H22N4O2/c1-3-12-23(13-4-2)20-17-10-5-6-11-18(17)21-19(22-20)15-8-7-9-16(14-15)24(25)26/h5-11,14H,3-4,12-13H2,1-2H3. The van der Waals surface area contributed by atoms with E-state index < -0.39 is 4.92 Å². The van der Waals surface area contributed by atoms with E-state index in [2.05, 4.69) is 23.7 Å². The summed E-state index contributed by atoms with van der Waals surface area (Å²) in [5.41, 5.74) is 1.54. The lowest BCUT2D eigenvalue weighted by atomic mass is 10.1. The Morgan fingerprint density at radius 1 is 1.00 bits per heavy atom. The molecule has 6 nitrogen and oxygen atoms in total. The molecule has 0 saturated carbocycles. The van der Waals surface area contributed by atoms with Crippen LogP contribution in [-0.4, -0.2) is 28.0 Å². The van der Waals surface area contributed by atoms with Gasteiger partial charge in [0.25, 0.3) is 5.69 Å². The Morgan fingerprint density at radius 3 is 2.42 bits per heavy atom. The Kier molecular flexibility index (Phi) is 5.41. The molecule has 0 amide bonds. The first-order valence-corrected chi connectivity index (χ1v) is 8.90. The predicted molar refractivity (Wildman–Crippen MR) is 104 cm³/mol. The van der Waals surface area contributed by atoms with E-state index in [1.807, 2.05) is 30.3 Å². The van der Waals surface area contributed by atoms with Crippen LogP contribution in [0.4, 0.5) is 11.5 Å². The van der Waals surface area contributed by atoms with Crippen molar-refractivity contribution >= 4 is 22.4 Å². The second-order valence-electron chi connectivity index (χ2n) is 6.18. The lowest BCUT2D eigenvalue weighted by molar-refractivity contribution is -0.384. The highest BCUT2D eigenvalue weighted by atomic mass is 16.6. The summed E-state index contributed by atoms with van der Waals surface area (Å²) < 4.78 is 0. The zero-order chi connectivity index (χ0) is 18.5. The summed E-state index contributed by atoms with van der Waals surface area (Å²) in [6.45, 7) is 6.10. The maximum absolute atomic E-state index is 11.1. The zero-order valence-corrected chi connectivity index (χ0v) is 15.1. The van der Waals surface area contributed by atoms with Gasteiger partial charge < -0.3 is 4.90 Å². The number of anilines is 1. The van der Waals surface area contributed by atoms with Crippen molar-refractivity contribution in [2.75, 3.05) is 18.0 Å². The number of rotatable bonds is 7. The van der Waals surface area contributed by atoms with E-state index in [4.69, 9.17) is 4.98 Å². The fourth-order valence-corrected chi connectivity index (χ4v) is 3.05. The van der Waals surface area contributed by atoms with Crippen LogP contribution in [-0.2, 0) is 0 Å². The van der Waals surface area contributed by atoms with E-state index in [9.17, 15) is 10.1 Å². The number of aromatic nitrogens is 2. The maximum atomic E-state index is 11.1. The second kappa shape index (κ2) is 7.91. The summed E-state index contributed by atoms with van der Waals surface area (Å²) in [5.74, 6) is 1.40. The molecule has 0 atom stereocenters. The van der Waals surface area contributed by atoms with Gasteiger partial charge in [-0.05, 0) is 25.0 Å². The quantitative estimate of drug-likeness (QED) is 0.451. The number of nitro benzene ring substituents is 1. The lowest BCUT2D eigenvalue weighted by Crippen LogP contribution is -2.26. The minimum absolute atomic E-state index is 0.0415. The third kappa shape index (κ3) is 3.64. The van der Waals surface area contributed by atoms with Crippen LogP contribution in [0.1, 0.15) is 26.7 Å². The zero-order valence-electron chi connectivity index (χ0n) is 15.1.